The molecule has 0 amide bonds. The molecule has 14 heavy (non-hydrogen) atoms. The molecule has 0 aromatic heterocycles. The van der Waals surface area contributed by atoms with E-state index in [4.69, 9.17) is 38.5 Å². The van der Waals surface area contributed by atoms with Crippen molar-refractivity contribution in [2.45, 2.75) is 0 Å². The molecule has 0 aliphatic rings. The largest absolute Gasteiger partial charge is 2.00 e. The van der Waals surface area contributed by atoms with Crippen molar-refractivity contribution in [1.29, 1.82) is 0 Å². The molecule has 0 aliphatic heterocycles. The second-order valence-corrected chi connectivity index (χ2v) is 2.81. The first-order chi connectivity index (χ1) is 4.00. The van der Waals surface area contributed by atoms with E-state index in [1.165, 1.54) is 0 Å². The first kappa shape index (κ1) is 36.0. The topological polar surface area (TPSA) is 230 Å². The Morgan fingerprint density at radius 2 is 0.714 bits per heavy atom. The van der Waals surface area contributed by atoms with Gasteiger partial charge in [-0.15, -0.1) is 0 Å². The summed E-state index contributed by atoms with van der Waals surface area (Å²) >= 11 is 0. The zero-order valence-corrected chi connectivity index (χ0v) is 12.9. The van der Waals surface area contributed by atoms with Gasteiger partial charge in [-0.1, -0.05) is 0 Å². The molecular formula is H6Ca2O10P2. The van der Waals surface area contributed by atoms with Crippen LogP contribution < -0.4 is 19.6 Å². The second-order valence-electron chi connectivity index (χ2n) is 0.937. The molecule has 0 aromatic rings. The van der Waals surface area contributed by atoms with Crippen LogP contribution >= 0.6 is 15.6 Å². The molecule has 0 heterocycles. The monoisotopic (exact) mass is 308 g/mol. The first-order valence-electron chi connectivity index (χ1n) is 1.50. The Hall–Kier alpha value is 2.66. The fraction of sp³-hybridized carbons (Fsp3) is 0. The van der Waals surface area contributed by atoms with Crippen molar-refractivity contribution >= 4 is 91.1 Å². The summed E-state index contributed by atoms with van der Waals surface area (Å²) in [5, 5.41) is 0. The van der Waals surface area contributed by atoms with Gasteiger partial charge in [-0.25, -0.2) is 0 Å². The van der Waals surface area contributed by atoms with Crippen LogP contribution in [0.25, 0.3) is 0 Å². The molecular weight excluding hydrogens is 302 g/mol. The van der Waals surface area contributed by atoms with Gasteiger partial charge in [0.05, 0.1) is 15.6 Å². The molecule has 0 rings (SSSR count). The van der Waals surface area contributed by atoms with E-state index in [-0.39, 0.29) is 86.4 Å². The summed E-state index contributed by atoms with van der Waals surface area (Å²) < 4.78 is 17.3. The van der Waals surface area contributed by atoms with E-state index in [1.54, 1.807) is 0 Å². The van der Waals surface area contributed by atoms with E-state index in [0.29, 0.717) is 0 Å². The van der Waals surface area contributed by atoms with Gasteiger partial charge in [0, 0.05) is 0 Å². The minimum atomic E-state index is -5.14. The Bertz CT molecular complexity index is 128. The van der Waals surface area contributed by atoms with Gasteiger partial charge in [-0.05, 0) is 0 Å². The van der Waals surface area contributed by atoms with E-state index in [2.05, 4.69) is 0 Å². The normalized spacial score (nSPS) is 8.43. The molecule has 0 saturated heterocycles. The summed E-state index contributed by atoms with van der Waals surface area (Å²) in [4.78, 5) is 48.6. The first-order valence-corrected chi connectivity index (χ1v) is 4.49. The Morgan fingerprint density at radius 1 is 0.714 bits per heavy atom. The van der Waals surface area contributed by atoms with Crippen molar-refractivity contribution in [2.24, 2.45) is 0 Å². The van der Waals surface area contributed by atoms with Crippen LogP contribution in [0.5, 0.6) is 0 Å². The summed E-state index contributed by atoms with van der Waals surface area (Å²) in [5.74, 6) is 0. The second kappa shape index (κ2) is 15.7. The third-order valence-electron chi connectivity index (χ3n) is 0. The quantitative estimate of drug-likeness (QED) is 0.321. The van der Waals surface area contributed by atoms with E-state index in [1.807, 2.05) is 0 Å². The summed E-state index contributed by atoms with van der Waals surface area (Å²) in [6, 6.07) is 0. The zero-order valence-electron chi connectivity index (χ0n) is 6.65. The van der Waals surface area contributed by atoms with E-state index >= 15 is 0 Å². The maximum Gasteiger partial charge on any atom is 2.00 e. The molecule has 0 aromatic carbocycles. The van der Waals surface area contributed by atoms with Crippen molar-refractivity contribution in [2.75, 3.05) is 0 Å². The number of hydrogen-bond donors (Lipinski definition) is 2. The van der Waals surface area contributed by atoms with Gasteiger partial charge < -0.3 is 49.4 Å². The Balaban J connectivity index is -0.0000000178. The van der Waals surface area contributed by atoms with Gasteiger partial charge in [0.25, 0.3) is 0 Å². The molecule has 0 spiro atoms. The molecule has 0 fully saturated rings. The fourth-order valence-electron chi connectivity index (χ4n) is 0. The van der Waals surface area contributed by atoms with Crippen LogP contribution in [0.15, 0.2) is 0 Å². The molecule has 0 radical (unpaired) electrons. The SMILES string of the molecule is O.O.O=P([O-])([O-])O.O=P([O-])([O-])O.[Ca+2].[Ca+2]. The van der Waals surface area contributed by atoms with Crippen LogP contribution in [-0.2, 0) is 9.13 Å². The van der Waals surface area contributed by atoms with Gasteiger partial charge in [0.1, 0.15) is 0 Å². The Labute approximate surface area is 138 Å². The number of hydrogen-bond acceptors (Lipinski definition) is 6. The summed E-state index contributed by atoms with van der Waals surface area (Å²) in [6.07, 6.45) is 0. The summed E-state index contributed by atoms with van der Waals surface area (Å²) in [7, 11) is -10.3. The van der Waals surface area contributed by atoms with Crippen LogP contribution in [0.1, 0.15) is 0 Å². The van der Waals surface area contributed by atoms with Gasteiger partial charge in [0.15, 0.2) is 0 Å². The van der Waals surface area contributed by atoms with Gasteiger partial charge >= 0.3 is 75.5 Å². The Kier molecular flexibility index (Phi) is 40.2. The van der Waals surface area contributed by atoms with Crippen molar-refractivity contribution in [3.63, 3.8) is 0 Å². The molecule has 0 bridgehead atoms. The molecule has 0 unspecified atom stereocenters. The van der Waals surface area contributed by atoms with Crippen LogP contribution in [-0.4, -0.2) is 96.2 Å². The van der Waals surface area contributed by atoms with Crippen molar-refractivity contribution < 1.29 is 49.4 Å². The van der Waals surface area contributed by atoms with E-state index in [0.717, 1.165) is 0 Å². The molecule has 14 heteroatoms. The maximum absolute atomic E-state index is 8.66. The van der Waals surface area contributed by atoms with Crippen LogP contribution in [0, 0.1) is 0 Å². The minimum Gasteiger partial charge on any atom is -0.790 e. The smallest absolute Gasteiger partial charge is 0.790 e. The summed E-state index contributed by atoms with van der Waals surface area (Å²) in [6.45, 7) is 0. The zero-order chi connectivity index (χ0) is 9.00. The summed E-state index contributed by atoms with van der Waals surface area (Å²) in [5.41, 5.74) is 0. The number of rotatable bonds is 0. The van der Waals surface area contributed by atoms with Gasteiger partial charge in [0.2, 0.25) is 0 Å². The van der Waals surface area contributed by atoms with Crippen molar-refractivity contribution in [1.82, 2.24) is 0 Å². The van der Waals surface area contributed by atoms with Crippen LogP contribution in [0.2, 0.25) is 0 Å². The van der Waals surface area contributed by atoms with Crippen molar-refractivity contribution in [3.05, 3.63) is 0 Å². The van der Waals surface area contributed by atoms with Gasteiger partial charge in [-0.3, -0.25) is 0 Å². The predicted octanol–water partition coefficient (Wildman–Crippen LogP) is -6.80. The predicted molar refractivity (Wildman–Crippen MR) is 38.4 cm³/mol. The maximum atomic E-state index is 8.66. The molecule has 10 nitrogen and oxygen atoms in total. The number of phosphoric acid groups is 2. The van der Waals surface area contributed by atoms with E-state index < -0.39 is 15.6 Å². The average Bonchev–Trinajstić information content (AvgIpc) is 1.12. The third-order valence-corrected chi connectivity index (χ3v) is 0. The average molecular weight is 308 g/mol. The van der Waals surface area contributed by atoms with Crippen LogP contribution in [0.3, 0.4) is 0 Å². The van der Waals surface area contributed by atoms with Crippen LogP contribution in [0.4, 0.5) is 0 Å². The van der Waals surface area contributed by atoms with E-state index in [9.17, 15) is 0 Å². The van der Waals surface area contributed by atoms with Gasteiger partial charge in [-0.2, -0.15) is 0 Å². The minimum absolute atomic E-state index is 0. The third kappa shape index (κ3) is 387. The molecule has 80 valence electrons. The standard InChI is InChI=1S/2Ca.2H3O4P.2H2O/c;;2*1-5(2,3)4;;/h;;2*(H3,1,2,3,4);2*1H2/q2*+2;;;;/p-4. The molecule has 0 atom stereocenters. The van der Waals surface area contributed by atoms with Crippen molar-refractivity contribution in [3.8, 4) is 0 Å². The molecule has 6 N–H and O–H groups in total. The molecule has 0 aliphatic carbocycles. The fourth-order valence-corrected chi connectivity index (χ4v) is 0. The molecule has 0 saturated carbocycles. The Morgan fingerprint density at radius 3 is 0.714 bits per heavy atom.